The van der Waals surface area contributed by atoms with E-state index in [1.165, 1.54) is 36.4 Å². The maximum Gasteiger partial charge on any atom is 0.274 e. The number of primary sulfonamides is 1. The summed E-state index contributed by atoms with van der Waals surface area (Å²) in [5, 5.41) is 15.5. The lowest BCUT2D eigenvalue weighted by Crippen LogP contribution is -2.37. The highest BCUT2D eigenvalue weighted by Gasteiger charge is 2.37. The lowest BCUT2D eigenvalue weighted by atomic mass is 10.2. The largest absolute Gasteiger partial charge is 0.508 e. The van der Waals surface area contributed by atoms with Crippen molar-refractivity contribution in [2.45, 2.75) is 9.79 Å². The van der Waals surface area contributed by atoms with Crippen LogP contribution in [0.4, 0.5) is 5.88 Å². The Labute approximate surface area is 183 Å². The Kier molecular flexibility index (Phi) is 5.25. The van der Waals surface area contributed by atoms with Crippen molar-refractivity contribution >= 4 is 42.8 Å². The fraction of sp³-hybridized carbons (Fsp3) is 0. The van der Waals surface area contributed by atoms with Gasteiger partial charge in [-0.15, -0.1) is 0 Å². The molecule has 11 heteroatoms. The van der Waals surface area contributed by atoms with Crippen LogP contribution in [0.1, 0.15) is 10.4 Å². The fourth-order valence-electron chi connectivity index (χ4n) is 3.15. The number of rotatable bonds is 5. The second kappa shape index (κ2) is 7.79. The summed E-state index contributed by atoms with van der Waals surface area (Å²) in [4.78, 5) is 12.0. The summed E-state index contributed by atoms with van der Waals surface area (Å²) in [7, 11) is -9.27. The van der Waals surface area contributed by atoms with Crippen molar-refractivity contribution in [2.75, 3.05) is 4.31 Å². The quantitative estimate of drug-likeness (QED) is 0.454. The monoisotopic (exact) mass is 472 g/mol. The average molecular weight is 473 g/mol. The third-order valence-electron chi connectivity index (χ3n) is 4.56. The van der Waals surface area contributed by atoms with Gasteiger partial charge in [0.2, 0.25) is 15.9 Å². The Morgan fingerprint density at radius 2 is 1.50 bits per heavy atom. The number of benzene rings is 3. The number of para-hydroxylation sites is 1. The van der Waals surface area contributed by atoms with Crippen LogP contribution < -0.4 is 9.44 Å². The van der Waals surface area contributed by atoms with Gasteiger partial charge < -0.3 is 9.52 Å². The van der Waals surface area contributed by atoms with Gasteiger partial charge in [0.15, 0.2) is 0 Å². The molecule has 3 N–H and O–H groups in total. The first-order valence-corrected chi connectivity index (χ1v) is 12.1. The molecule has 0 aliphatic rings. The van der Waals surface area contributed by atoms with Crippen LogP contribution in [-0.2, 0) is 20.0 Å². The maximum absolute atomic E-state index is 13.6. The van der Waals surface area contributed by atoms with E-state index in [2.05, 4.69) is 0 Å². The van der Waals surface area contributed by atoms with Crippen molar-refractivity contribution in [3.05, 3.63) is 84.4 Å². The summed E-state index contributed by atoms with van der Waals surface area (Å²) in [6.07, 6.45) is 0. The lowest BCUT2D eigenvalue weighted by Gasteiger charge is -2.21. The topological polar surface area (TPSA) is 148 Å². The predicted molar refractivity (Wildman–Crippen MR) is 116 cm³/mol. The van der Waals surface area contributed by atoms with E-state index in [1.807, 2.05) is 0 Å². The van der Waals surface area contributed by atoms with Crippen molar-refractivity contribution in [1.29, 1.82) is 0 Å². The van der Waals surface area contributed by atoms with Crippen molar-refractivity contribution in [1.82, 2.24) is 0 Å². The lowest BCUT2D eigenvalue weighted by molar-refractivity contribution is 0.100. The average Bonchev–Trinajstić information content (AvgIpc) is 3.16. The molecule has 0 spiro atoms. The van der Waals surface area contributed by atoms with Gasteiger partial charge in [-0.05, 0) is 36.4 Å². The van der Waals surface area contributed by atoms with E-state index in [9.17, 15) is 26.7 Å². The zero-order valence-corrected chi connectivity index (χ0v) is 17.9. The van der Waals surface area contributed by atoms with E-state index in [-0.39, 0.29) is 17.2 Å². The fourth-order valence-corrected chi connectivity index (χ4v) is 5.85. The Balaban J connectivity index is 1.99. The molecule has 1 aromatic heterocycles. The smallest absolute Gasteiger partial charge is 0.274 e. The van der Waals surface area contributed by atoms with Crippen LogP contribution in [-0.4, -0.2) is 27.8 Å². The minimum Gasteiger partial charge on any atom is -0.508 e. The highest BCUT2D eigenvalue weighted by Crippen LogP contribution is 2.33. The number of sulfonamides is 2. The normalized spacial score (nSPS) is 12.0. The predicted octanol–water partition coefficient (Wildman–Crippen LogP) is 2.82. The second-order valence-electron chi connectivity index (χ2n) is 6.74. The van der Waals surface area contributed by atoms with E-state index in [1.54, 1.807) is 24.3 Å². The molecule has 0 aliphatic carbocycles. The van der Waals surface area contributed by atoms with Crippen LogP contribution in [0.25, 0.3) is 11.0 Å². The number of phenolic OH excluding ortho intramolecular Hbond substituents is 1. The zero-order chi connectivity index (χ0) is 23.1. The van der Waals surface area contributed by atoms with Crippen molar-refractivity contribution in [3.8, 4) is 5.75 Å². The molecule has 0 radical (unpaired) electrons. The second-order valence-corrected chi connectivity index (χ2v) is 10.0. The van der Waals surface area contributed by atoms with Gasteiger partial charge in [-0.1, -0.05) is 36.4 Å². The van der Waals surface area contributed by atoms with Crippen LogP contribution in [0.15, 0.2) is 93.1 Å². The van der Waals surface area contributed by atoms with Gasteiger partial charge >= 0.3 is 0 Å². The van der Waals surface area contributed by atoms with E-state index in [4.69, 9.17) is 9.56 Å². The minimum absolute atomic E-state index is 0.165. The first-order valence-electron chi connectivity index (χ1n) is 9.08. The van der Waals surface area contributed by atoms with Gasteiger partial charge in [0.25, 0.3) is 15.9 Å². The van der Waals surface area contributed by atoms with Crippen LogP contribution in [0.5, 0.6) is 5.75 Å². The van der Waals surface area contributed by atoms with E-state index in [0.29, 0.717) is 15.3 Å². The Morgan fingerprint density at radius 1 is 0.844 bits per heavy atom. The number of nitrogens with zero attached hydrogens (tertiary/aromatic N) is 1. The molecule has 1 heterocycles. The summed E-state index contributed by atoms with van der Waals surface area (Å²) in [6.45, 7) is 0. The number of furan rings is 1. The minimum atomic E-state index is -4.83. The first kappa shape index (κ1) is 21.6. The van der Waals surface area contributed by atoms with Gasteiger partial charge in [-0.25, -0.2) is 22.0 Å². The molecule has 0 fully saturated rings. The third-order valence-corrected chi connectivity index (χ3v) is 7.40. The summed E-state index contributed by atoms with van der Waals surface area (Å²) >= 11 is 0. The Bertz CT molecular complexity index is 1520. The molecule has 32 heavy (non-hydrogen) atoms. The molecule has 4 aromatic rings. The molecule has 1 amide bonds. The Morgan fingerprint density at radius 3 is 2.16 bits per heavy atom. The summed E-state index contributed by atoms with van der Waals surface area (Å²) in [5.74, 6) is -1.68. The molecule has 0 saturated carbocycles. The van der Waals surface area contributed by atoms with E-state index < -0.39 is 35.7 Å². The molecule has 3 aromatic carbocycles. The maximum atomic E-state index is 13.6. The molecular formula is C21H16N2O7S2. The number of hydrogen-bond acceptors (Lipinski definition) is 7. The summed E-state index contributed by atoms with van der Waals surface area (Å²) in [5.41, 5.74) is 0.147. The van der Waals surface area contributed by atoms with Crippen LogP contribution >= 0.6 is 0 Å². The number of carbonyl (C=O) groups excluding carboxylic acids is 1. The number of hydrogen-bond donors (Lipinski definition) is 2. The van der Waals surface area contributed by atoms with Crippen molar-refractivity contribution in [2.24, 2.45) is 5.14 Å². The number of carbonyl (C=O) groups is 1. The van der Waals surface area contributed by atoms with E-state index >= 15 is 0 Å². The molecule has 4 rings (SSSR count). The van der Waals surface area contributed by atoms with Crippen LogP contribution in [0.2, 0.25) is 0 Å². The molecule has 0 unspecified atom stereocenters. The van der Waals surface area contributed by atoms with Crippen molar-refractivity contribution in [3.63, 3.8) is 0 Å². The number of aromatic hydroxyl groups is 1. The molecule has 0 atom stereocenters. The molecule has 9 nitrogen and oxygen atoms in total. The number of nitrogens with two attached hydrogens (primary N) is 1. The Hall–Kier alpha value is -3.67. The van der Waals surface area contributed by atoms with Crippen LogP contribution in [0, 0.1) is 0 Å². The molecule has 0 saturated heterocycles. The van der Waals surface area contributed by atoms with Gasteiger partial charge in [-0.2, -0.15) is 4.31 Å². The number of anilines is 1. The summed E-state index contributed by atoms with van der Waals surface area (Å²) in [6, 6.07) is 17.7. The number of fused-ring (bicyclic) bond motifs is 1. The van der Waals surface area contributed by atoms with Gasteiger partial charge in [0.1, 0.15) is 21.1 Å². The molecule has 0 aliphatic heterocycles. The third kappa shape index (κ3) is 3.84. The highest BCUT2D eigenvalue weighted by molar-refractivity contribution is 7.95. The molecule has 0 bridgehead atoms. The number of phenols is 1. The van der Waals surface area contributed by atoms with Gasteiger partial charge in [-0.3, -0.25) is 4.79 Å². The van der Waals surface area contributed by atoms with Gasteiger partial charge in [0, 0.05) is 17.0 Å². The summed E-state index contributed by atoms with van der Waals surface area (Å²) < 4.78 is 57.3. The van der Waals surface area contributed by atoms with Crippen molar-refractivity contribution < 1.29 is 31.2 Å². The van der Waals surface area contributed by atoms with Gasteiger partial charge in [0.05, 0.1) is 0 Å². The molecule has 164 valence electrons. The highest BCUT2D eigenvalue weighted by atomic mass is 32.2. The first-order chi connectivity index (χ1) is 15.1. The SMILES string of the molecule is NS(=O)(=O)c1ccccc1S(=O)(=O)N(C(=O)c1cccc(O)c1)c1cc2ccccc2o1. The van der Waals surface area contributed by atoms with E-state index in [0.717, 1.165) is 18.2 Å². The zero-order valence-electron chi connectivity index (χ0n) is 16.2. The van der Waals surface area contributed by atoms with Crippen LogP contribution in [0.3, 0.4) is 0 Å². The number of amides is 1. The standard InChI is InChI=1S/C21H16N2O7S2/c22-31(26,27)18-10-3-4-11-19(18)32(28,29)23(21(25)15-7-5-8-16(24)12-15)20-13-14-6-1-2-9-17(14)30-20/h1-13,24H,(H2,22,26,27). The molecular weight excluding hydrogens is 456 g/mol.